The molecule has 0 aromatic rings. The molecule has 0 bridgehead atoms. The summed E-state index contributed by atoms with van der Waals surface area (Å²) in [5, 5.41) is 3.64. The fraction of sp³-hybridized carbons (Fsp3) is 1.00. The lowest BCUT2D eigenvalue weighted by Gasteiger charge is -2.27. The van der Waals surface area contributed by atoms with Crippen molar-refractivity contribution in [2.24, 2.45) is 11.3 Å². The molecule has 2 aliphatic carbocycles. The summed E-state index contributed by atoms with van der Waals surface area (Å²) in [6.07, 6.45) is 5.35. The van der Waals surface area contributed by atoms with Gasteiger partial charge >= 0.3 is 0 Å². The average molecular weight is 211 g/mol. The molecule has 2 rings (SSSR count). The monoisotopic (exact) mass is 211 g/mol. The Kier molecular flexibility index (Phi) is 2.85. The van der Waals surface area contributed by atoms with E-state index in [0.29, 0.717) is 5.41 Å². The van der Waals surface area contributed by atoms with E-state index in [2.05, 4.69) is 26.1 Å². The van der Waals surface area contributed by atoms with E-state index in [1.54, 1.807) is 0 Å². The normalized spacial score (nSPS) is 35.6. The number of ether oxygens (including phenoxy) is 1. The Morgan fingerprint density at radius 1 is 1.40 bits per heavy atom. The molecule has 15 heavy (non-hydrogen) atoms. The fourth-order valence-corrected chi connectivity index (χ4v) is 2.68. The summed E-state index contributed by atoms with van der Waals surface area (Å²) in [6.45, 7) is 8.03. The third kappa shape index (κ3) is 2.94. The predicted molar refractivity (Wildman–Crippen MR) is 62.9 cm³/mol. The number of rotatable bonds is 6. The van der Waals surface area contributed by atoms with Crippen molar-refractivity contribution in [3.05, 3.63) is 0 Å². The second-order valence-corrected chi connectivity index (χ2v) is 6.38. The highest BCUT2D eigenvalue weighted by Gasteiger charge is 2.52. The van der Waals surface area contributed by atoms with Crippen LogP contribution < -0.4 is 5.32 Å². The maximum absolute atomic E-state index is 5.52. The summed E-state index contributed by atoms with van der Waals surface area (Å²) in [7, 11) is 1.82. The lowest BCUT2D eigenvalue weighted by Crippen LogP contribution is -2.28. The molecule has 0 spiro atoms. The van der Waals surface area contributed by atoms with Crippen molar-refractivity contribution in [2.75, 3.05) is 13.7 Å². The van der Waals surface area contributed by atoms with E-state index in [1.807, 2.05) is 7.11 Å². The van der Waals surface area contributed by atoms with Crippen molar-refractivity contribution in [3.63, 3.8) is 0 Å². The van der Waals surface area contributed by atoms with Gasteiger partial charge in [0.2, 0.25) is 0 Å². The van der Waals surface area contributed by atoms with Gasteiger partial charge in [0.15, 0.2) is 0 Å². The van der Waals surface area contributed by atoms with Gasteiger partial charge in [0.25, 0.3) is 0 Å². The van der Waals surface area contributed by atoms with Crippen LogP contribution in [0.5, 0.6) is 0 Å². The standard InChI is InChI=1S/C13H25NO/c1-12(2,15-4)9-13(3)7-10(13)8-14-11-5-6-11/h10-11,14H,5-9H2,1-4H3. The van der Waals surface area contributed by atoms with Gasteiger partial charge in [-0.2, -0.15) is 0 Å². The first-order chi connectivity index (χ1) is 6.95. The molecule has 2 heteroatoms. The van der Waals surface area contributed by atoms with Gasteiger partial charge in [0, 0.05) is 13.2 Å². The van der Waals surface area contributed by atoms with Crippen LogP contribution in [0.1, 0.15) is 46.5 Å². The number of methoxy groups -OCH3 is 1. The minimum atomic E-state index is 0.0447. The van der Waals surface area contributed by atoms with Gasteiger partial charge < -0.3 is 10.1 Å². The second-order valence-electron chi connectivity index (χ2n) is 6.38. The Labute approximate surface area is 93.8 Å². The minimum Gasteiger partial charge on any atom is -0.379 e. The van der Waals surface area contributed by atoms with Crippen molar-refractivity contribution >= 4 is 0 Å². The number of hydrogen-bond acceptors (Lipinski definition) is 2. The van der Waals surface area contributed by atoms with E-state index in [0.717, 1.165) is 12.0 Å². The van der Waals surface area contributed by atoms with E-state index in [4.69, 9.17) is 4.74 Å². The van der Waals surface area contributed by atoms with Crippen molar-refractivity contribution in [3.8, 4) is 0 Å². The maximum Gasteiger partial charge on any atom is 0.0628 e. The highest BCUT2D eigenvalue weighted by atomic mass is 16.5. The molecule has 2 aliphatic rings. The summed E-state index contributed by atoms with van der Waals surface area (Å²) in [5.41, 5.74) is 0.574. The zero-order chi connectivity index (χ0) is 11.1. The Hall–Kier alpha value is -0.0800. The van der Waals surface area contributed by atoms with Gasteiger partial charge in [-0.1, -0.05) is 6.92 Å². The van der Waals surface area contributed by atoms with Crippen LogP contribution in [0.2, 0.25) is 0 Å². The molecule has 0 radical (unpaired) electrons. The van der Waals surface area contributed by atoms with Crippen LogP contribution in [0.25, 0.3) is 0 Å². The minimum absolute atomic E-state index is 0.0447. The molecule has 0 aliphatic heterocycles. The lowest BCUT2D eigenvalue weighted by molar-refractivity contribution is -0.00169. The topological polar surface area (TPSA) is 21.3 Å². The molecule has 2 fully saturated rings. The van der Waals surface area contributed by atoms with Crippen LogP contribution in [0.4, 0.5) is 0 Å². The van der Waals surface area contributed by atoms with Crippen molar-refractivity contribution in [1.82, 2.24) is 5.32 Å². The van der Waals surface area contributed by atoms with E-state index in [9.17, 15) is 0 Å². The van der Waals surface area contributed by atoms with Gasteiger partial charge in [-0.05, 0) is 57.4 Å². The Balaban J connectivity index is 1.73. The maximum atomic E-state index is 5.52. The third-order valence-corrected chi connectivity index (χ3v) is 4.15. The van der Waals surface area contributed by atoms with Gasteiger partial charge in [-0.25, -0.2) is 0 Å². The molecule has 2 nitrogen and oxygen atoms in total. The highest BCUT2D eigenvalue weighted by molar-refractivity contribution is 5.03. The number of hydrogen-bond donors (Lipinski definition) is 1. The summed E-state index contributed by atoms with van der Waals surface area (Å²) in [6, 6.07) is 0.852. The van der Waals surface area contributed by atoms with E-state index >= 15 is 0 Å². The van der Waals surface area contributed by atoms with Crippen LogP contribution in [0.3, 0.4) is 0 Å². The lowest BCUT2D eigenvalue weighted by atomic mass is 9.90. The van der Waals surface area contributed by atoms with Crippen LogP contribution in [-0.2, 0) is 4.74 Å². The molecule has 0 aromatic heterocycles. The van der Waals surface area contributed by atoms with Crippen molar-refractivity contribution in [2.45, 2.75) is 58.1 Å². The van der Waals surface area contributed by atoms with Crippen molar-refractivity contribution < 1.29 is 4.74 Å². The smallest absolute Gasteiger partial charge is 0.0628 e. The van der Waals surface area contributed by atoms with Crippen LogP contribution in [0.15, 0.2) is 0 Å². The Morgan fingerprint density at radius 2 is 2.07 bits per heavy atom. The molecule has 0 aromatic carbocycles. The third-order valence-electron chi connectivity index (χ3n) is 4.15. The summed E-state index contributed by atoms with van der Waals surface area (Å²) >= 11 is 0. The largest absolute Gasteiger partial charge is 0.379 e. The second kappa shape index (κ2) is 3.74. The zero-order valence-corrected chi connectivity index (χ0v) is 10.6. The molecular weight excluding hydrogens is 186 g/mol. The molecule has 0 amide bonds. The first kappa shape index (κ1) is 11.4. The van der Waals surface area contributed by atoms with E-state index < -0.39 is 0 Å². The van der Waals surface area contributed by atoms with E-state index in [1.165, 1.54) is 32.2 Å². The van der Waals surface area contributed by atoms with Gasteiger partial charge in [0.1, 0.15) is 0 Å². The molecule has 0 saturated heterocycles. The Morgan fingerprint density at radius 3 is 2.60 bits per heavy atom. The molecule has 0 heterocycles. The Bertz CT molecular complexity index is 235. The SMILES string of the molecule is COC(C)(C)CC1(C)CC1CNC1CC1. The first-order valence-corrected chi connectivity index (χ1v) is 6.24. The van der Waals surface area contributed by atoms with E-state index in [-0.39, 0.29) is 5.60 Å². The molecule has 88 valence electrons. The quantitative estimate of drug-likeness (QED) is 0.729. The molecular formula is C13H25NO. The molecule has 2 atom stereocenters. The summed E-state index contributed by atoms with van der Waals surface area (Å²) in [4.78, 5) is 0. The van der Waals surface area contributed by atoms with Crippen LogP contribution in [-0.4, -0.2) is 25.3 Å². The predicted octanol–water partition coefficient (Wildman–Crippen LogP) is 2.58. The summed E-state index contributed by atoms with van der Waals surface area (Å²) < 4.78 is 5.52. The fourth-order valence-electron chi connectivity index (χ4n) is 2.68. The van der Waals surface area contributed by atoms with Gasteiger partial charge in [-0.3, -0.25) is 0 Å². The molecule has 1 N–H and O–H groups in total. The molecule has 2 unspecified atom stereocenters. The average Bonchev–Trinajstić information content (AvgIpc) is 3.00. The zero-order valence-electron chi connectivity index (χ0n) is 10.6. The van der Waals surface area contributed by atoms with Crippen LogP contribution in [0, 0.1) is 11.3 Å². The summed E-state index contributed by atoms with van der Waals surface area (Å²) in [5.74, 6) is 0.882. The van der Waals surface area contributed by atoms with Crippen LogP contribution >= 0.6 is 0 Å². The van der Waals surface area contributed by atoms with Gasteiger partial charge in [-0.15, -0.1) is 0 Å². The first-order valence-electron chi connectivity index (χ1n) is 6.24. The van der Waals surface area contributed by atoms with Crippen molar-refractivity contribution in [1.29, 1.82) is 0 Å². The molecule has 2 saturated carbocycles. The van der Waals surface area contributed by atoms with Gasteiger partial charge in [0.05, 0.1) is 5.60 Å². The highest BCUT2D eigenvalue weighted by Crippen LogP contribution is 2.57. The number of nitrogens with one attached hydrogen (secondary N) is 1.